The van der Waals surface area contributed by atoms with Crippen molar-refractivity contribution in [2.45, 2.75) is 6.18 Å². The molecule has 0 aliphatic heterocycles. The molecule has 2 aromatic rings. The number of aromatic nitrogens is 2. The van der Waals surface area contributed by atoms with Gasteiger partial charge in [0.15, 0.2) is 5.69 Å². The smallest absolute Gasteiger partial charge is 0.416 e. The number of nitrogen functional groups attached to an aromatic ring is 1. The van der Waals surface area contributed by atoms with Gasteiger partial charge in [-0.25, -0.2) is 0 Å². The molecule has 0 fully saturated rings. The van der Waals surface area contributed by atoms with Gasteiger partial charge in [0, 0.05) is 0 Å². The van der Waals surface area contributed by atoms with Crippen LogP contribution in [0.25, 0.3) is 0 Å². The fourth-order valence-electron chi connectivity index (χ4n) is 1.46. The first-order chi connectivity index (χ1) is 9.41. The molecule has 2 rings (SSSR count). The molecule has 0 bridgehead atoms. The number of nitrogens with zero attached hydrogens (tertiary/aromatic N) is 2. The van der Waals surface area contributed by atoms with Gasteiger partial charge in [-0.1, -0.05) is 6.07 Å². The monoisotopic (exact) mass is 285 g/mol. The highest BCUT2D eigenvalue weighted by molar-refractivity contribution is 5.56. The van der Waals surface area contributed by atoms with Crippen LogP contribution in [-0.4, -0.2) is 17.1 Å². The van der Waals surface area contributed by atoms with Crippen molar-refractivity contribution in [3.8, 4) is 17.5 Å². The van der Waals surface area contributed by atoms with E-state index >= 15 is 0 Å². The number of hydrogen-bond donors (Lipinski definition) is 1. The fraction of sp³-hybridized carbons (Fsp3) is 0.167. The van der Waals surface area contributed by atoms with Crippen molar-refractivity contribution in [3.63, 3.8) is 0 Å². The zero-order valence-corrected chi connectivity index (χ0v) is 10.3. The zero-order chi connectivity index (χ0) is 14.8. The van der Waals surface area contributed by atoms with Gasteiger partial charge in [-0.05, 0) is 18.2 Å². The second kappa shape index (κ2) is 5.24. The van der Waals surface area contributed by atoms with Crippen molar-refractivity contribution in [1.82, 2.24) is 9.97 Å². The highest BCUT2D eigenvalue weighted by Crippen LogP contribution is 2.34. The van der Waals surface area contributed by atoms with Crippen LogP contribution in [0.2, 0.25) is 0 Å². The van der Waals surface area contributed by atoms with Crippen LogP contribution in [0.3, 0.4) is 0 Å². The number of benzene rings is 1. The number of rotatable bonds is 3. The Morgan fingerprint density at radius 1 is 1.15 bits per heavy atom. The number of hydrogen-bond acceptors (Lipinski definition) is 5. The lowest BCUT2D eigenvalue weighted by molar-refractivity contribution is -0.137. The van der Waals surface area contributed by atoms with Crippen LogP contribution in [0.5, 0.6) is 17.5 Å². The third-order valence-corrected chi connectivity index (χ3v) is 2.38. The van der Waals surface area contributed by atoms with E-state index in [1.807, 2.05) is 0 Å². The summed E-state index contributed by atoms with van der Waals surface area (Å²) in [6.07, 6.45) is -3.31. The van der Waals surface area contributed by atoms with E-state index < -0.39 is 11.7 Å². The van der Waals surface area contributed by atoms with E-state index in [9.17, 15) is 13.2 Å². The Hall–Kier alpha value is -2.51. The lowest BCUT2D eigenvalue weighted by atomic mass is 10.2. The molecule has 0 saturated heterocycles. The molecule has 0 radical (unpaired) electrons. The Kier molecular flexibility index (Phi) is 3.64. The summed E-state index contributed by atoms with van der Waals surface area (Å²) in [5.41, 5.74) is 4.85. The second-order valence-electron chi connectivity index (χ2n) is 3.73. The van der Waals surface area contributed by atoms with Crippen molar-refractivity contribution in [2.75, 3.05) is 12.8 Å². The molecule has 8 heteroatoms. The summed E-state index contributed by atoms with van der Waals surface area (Å²) in [6.45, 7) is 0. The summed E-state index contributed by atoms with van der Waals surface area (Å²) in [6, 6.07) is 4.39. The standard InChI is InChI=1S/C12H10F3N3O2/c1-19-10-9(16)11(18-6-17-10)20-8-4-2-3-7(5-8)12(13,14)15/h2-6H,16H2,1H3. The van der Waals surface area contributed by atoms with Crippen LogP contribution in [0, 0.1) is 0 Å². The zero-order valence-electron chi connectivity index (χ0n) is 10.3. The van der Waals surface area contributed by atoms with E-state index in [1.165, 1.54) is 19.2 Å². The molecule has 0 spiro atoms. The van der Waals surface area contributed by atoms with Gasteiger partial charge in [0.05, 0.1) is 12.7 Å². The van der Waals surface area contributed by atoms with Gasteiger partial charge in [0.1, 0.15) is 12.1 Å². The largest absolute Gasteiger partial charge is 0.479 e. The average molecular weight is 285 g/mol. The highest BCUT2D eigenvalue weighted by atomic mass is 19.4. The van der Waals surface area contributed by atoms with Gasteiger partial charge in [-0.3, -0.25) is 0 Å². The molecule has 20 heavy (non-hydrogen) atoms. The summed E-state index contributed by atoms with van der Waals surface area (Å²) in [7, 11) is 1.35. The van der Waals surface area contributed by atoms with Gasteiger partial charge in [0.2, 0.25) is 11.8 Å². The Balaban J connectivity index is 2.31. The van der Waals surface area contributed by atoms with E-state index in [1.54, 1.807) is 0 Å². The van der Waals surface area contributed by atoms with E-state index in [0.29, 0.717) is 0 Å². The van der Waals surface area contributed by atoms with E-state index in [0.717, 1.165) is 18.5 Å². The van der Waals surface area contributed by atoms with Crippen molar-refractivity contribution in [2.24, 2.45) is 0 Å². The third-order valence-electron chi connectivity index (χ3n) is 2.38. The first kappa shape index (κ1) is 13.9. The van der Waals surface area contributed by atoms with Crippen LogP contribution >= 0.6 is 0 Å². The van der Waals surface area contributed by atoms with E-state index in [2.05, 4.69) is 9.97 Å². The van der Waals surface area contributed by atoms with E-state index in [4.69, 9.17) is 15.2 Å². The van der Waals surface area contributed by atoms with Crippen LogP contribution in [0.1, 0.15) is 5.56 Å². The molecule has 0 saturated carbocycles. The molecule has 1 aromatic carbocycles. The predicted molar refractivity (Wildman–Crippen MR) is 64.5 cm³/mol. The van der Waals surface area contributed by atoms with Crippen molar-refractivity contribution in [1.29, 1.82) is 0 Å². The second-order valence-corrected chi connectivity index (χ2v) is 3.73. The molecule has 5 nitrogen and oxygen atoms in total. The highest BCUT2D eigenvalue weighted by Gasteiger charge is 2.30. The van der Waals surface area contributed by atoms with Gasteiger partial charge in [-0.2, -0.15) is 23.1 Å². The lowest BCUT2D eigenvalue weighted by Gasteiger charge is -2.11. The minimum Gasteiger partial charge on any atom is -0.479 e. The Labute approximate surface area is 112 Å². The SMILES string of the molecule is COc1ncnc(Oc2cccc(C(F)(F)F)c2)c1N. The number of methoxy groups -OCH3 is 1. The Morgan fingerprint density at radius 3 is 2.50 bits per heavy atom. The van der Waals surface area contributed by atoms with Gasteiger partial charge < -0.3 is 15.2 Å². The fourth-order valence-corrected chi connectivity index (χ4v) is 1.46. The number of alkyl halides is 3. The molecule has 0 atom stereocenters. The van der Waals surface area contributed by atoms with Crippen molar-refractivity contribution < 1.29 is 22.6 Å². The van der Waals surface area contributed by atoms with Crippen molar-refractivity contribution in [3.05, 3.63) is 36.2 Å². The first-order valence-corrected chi connectivity index (χ1v) is 5.41. The van der Waals surface area contributed by atoms with Crippen molar-refractivity contribution >= 4 is 5.69 Å². The molecular weight excluding hydrogens is 275 g/mol. The molecule has 0 aliphatic rings. The number of nitrogens with two attached hydrogens (primary N) is 1. The molecule has 106 valence electrons. The Bertz CT molecular complexity index is 617. The van der Waals surface area contributed by atoms with Gasteiger partial charge in [0.25, 0.3) is 0 Å². The predicted octanol–water partition coefficient (Wildman–Crippen LogP) is 2.88. The van der Waals surface area contributed by atoms with Crippen LogP contribution < -0.4 is 15.2 Å². The molecule has 2 N–H and O–H groups in total. The van der Waals surface area contributed by atoms with Crippen LogP contribution in [-0.2, 0) is 6.18 Å². The maximum Gasteiger partial charge on any atom is 0.416 e. The topological polar surface area (TPSA) is 70.3 Å². The maximum atomic E-state index is 12.6. The lowest BCUT2D eigenvalue weighted by Crippen LogP contribution is -2.05. The summed E-state index contributed by atoms with van der Waals surface area (Å²) in [5, 5.41) is 0. The quantitative estimate of drug-likeness (QED) is 0.939. The molecular formula is C12H10F3N3O2. The van der Waals surface area contributed by atoms with Gasteiger partial charge >= 0.3 is 6.18 Å². The molecule has 1 aromatic heterocycles. The minimum absolute atomic E-state index is 0.00686. The normalized spacial score (nSPS) is 11.2. The van der Waals surface area contributed by atoms with Crippen LogP contribution in [0.4, 0.5) is 18.9 Å². The summed E-state index contributed by atoms with van der Waals surface area (Å²) in [5.74, 6) is -0.0228. The Morgan fingerprint density at radius 2 is 1.85 bits per heavy atom. The number of ether oxygens (including phenoxy) is 2. The molecule has 0 aliphatic carbocycles. The number of halogens is 3. The number of anilines is 1. The summed E-state index contributed by atoms with van der Waals surface area (Å²) >= 11 is 0. The minimum atomic E-state index is -4.45. The summed E-state index contributed by atoms with van der Waals surface area (Å²) < 4.78 is 47.8. The average Bonchev–Trinajstić information content (AvgIpc) is 2.40. The first-order valence-electron chi connectivity index (χ1n) is 5.41. The van der Waals surface area contributed by atoms with Gasteiger partial charge in [-0.15, -0.1) is 0 Å². The third kappa shape index (κ3) is 2.90. The van der Waals surface area contributed by atoms with E-state index in [-0.39, 0.29) is 23.2 Å². The molecule has 0 unspecified atom stereocenters. The molecule has 0 amide bonds. The van der Waals surface area contributed by atoms with Crippen LogP contribution in [0.15, 0.2) is 30.6 Å². The maximum absolute atomic E-state index is 12.6. The molecule has 1 heterocycles. The summed E-state index contributed by atoms with van der Waals surface area (Å²) in [4.78, 5) is 7.49.